The van der Waals surface area contributed by atoms with E-state index in [1.54, 1.807) is 48.5 Å². The van der Waals surface area contributed by atoms with Crippen LogP contribution in [0.1, 0.15) is 61.6 Å². The number of benzene rings is 4. The highest BCUT2D eigenvalue weighted by molar-refractivity contribution is 6.05. The third-order valence-corrected chi connectivity index (χ3v) is 8.28. The highest BCUT2D eigenvalue weighted by Gasteiger charge is 2.44. The molecule has 0 bridgehead atoms. The van der Waals surface area contributed by atoms with Crippen LogP contribution in [0.2, 0.25) is 0 Å². The van der Waals surface area contributed by atoms with Gasteiger partial charge in [-0.2, -0.15) is 0 Å². The zero-order chi connectivity index (χ0) is 31.9. The molecule has 0 heterocycles. The van der Waals surface area contributed by atoms with Crippen molar-refractivity contribution in [1.29, 1.82) is 0 Å². The van der Waals surface area contributed by atoms with Crippen LogP contribution in [0.5, 0.6) is 0 Å². The molecular weight excluding hydrogens is 576 g/mol. The molecule has 3 unspecified atom stereocenters. The van der Waals surface area contributed by atoms with Crippen molar-refractivity contribution >= 4 is 23.4 Å². The van der Waals surface area contributed by atoms with Crippen LogP contribution in [-0.4, -0.2) is 24.5 Å². The second kappa shape index (κ2) is 14.1. The number of anilines is 1. The van der Waals surface area contributed by atoms with Crippen molar-refractivity contribution < 1.29 is 19.1 Å². The fourth-order valence-corrected chi connectivity index (χ4v) is 5.46. The Bertz CT molecular complexity index is 1750. The van der Waals surface area contributed by atoms with Crippen LogP contribution in [0.4, 0.5) is 5.69 Å². The third kappa shape index (κ3) is 7.60. The standard InChI is InChI=1S/C38H36N4O4/c1-25(27-8-4-2-5-9-27)46-24-40-34-20-21-35(33-22-32(33)34)42-38(45)30-16-14-29(15-17-30)37(44)41-31-18-12-26(13-19-31)23-39-36(43)28-10-6-3-7-11-28/h2-21,25,32-33,40H,22-24H2,1H3,(H,39,43)(H,41,44)(H,42,45). The molecule has 6 rings (SSSR count). The van der Waals surface area contributed by atoms with Gasteiger partial charge in [-0.05, 0) is 85.2 Å². The van der Waals surface area contributed by atoms with Crippen LogP contribution in [0.15, 0.2) is 133 Å². The Balaban J connectivity index is 0.960. The van der Waals surface area contributed by atoms with Gasteiger partial charge in [0.15, 0.2) is 0 Å². The molecule has 8 heteroatoms. The van der Waals surface area contributed by atoms with E-state index >= 15 is 0 Å². The van der Waals surface area contributed by atoms with Gasteiger partial charge in [0.25, 0.3) is 17.7 Å². The third-order valence-electron chi connectivity index (χ3n) is 8.28. The average Bonchev–Trinajstić information content (AvgIpc) is 3.91. The zero-order valence-corrected chi connectivity index (χ0v) is 25.5. The summed E-state index contributed by atoms with van der Waals surface area (Å²) in [6.07, 6.45) is 4.94. The number of fused-ring (bicyclic) bond motifs is 1. The minimum Gasteiger partial charge on any atom is -0.366 e. The molecule has 232 valence electrons. The maximum Gasteiger partial charge on any atom is 0.255 e. The lowest BCUT2D eigenvalue weighted by Gasteiger charge is -2.19. The molecule has 0 spiro atoms. The Kier molecular flexibility index (Phi) is 9.36. The van der Waals surface area contributed by atoms with Gasteiger partial charge >= 0.3 is 0 Å². The molecule has 0 aliphatic heterocycles. The largest absolute Gasteiger partial charge is 0.366 e. The fraction of sp³-hybridized carbons (Fsp3) is 0.184. The molecular formula is C38H36N4O4. The first-order chi connectivity index (χ1) is 22.4. The van der Waals surface area contributed by atoms with E-state index in [-0.39, 0.29) is 29.7 Å². The maximum absolute atomic E-state index is 13.0. The molecule has 0 saturated heterocycles. The molecule has 1 saturated carbocycles. The maximum atomic E-state index is 13.0. The van der Waals surface area contributed by atoms with Gasteiger partial charge in [0.1, 0.15) is 6.73 Å². The summed E-state index contributed by atoms with van der Waals surface area (Å²) in [5.74, 6) is 0.00377. The highest BCUT2D eigenvalue weighted by Crippen LogP contribution is 2.49. The first-order valence-electron chi connectivity index (χ1n) is 15.4. The second-order valence-electron chi connectivity index (χ2n) is 11.5. The number of amides is 3. The molecule has 8 nitrogen and oxygen atoms in total. The number of nitrogens with one attached hydrogen (secondary N) is 4. The first-order valence-corrected chi connectivity index (χ1v) is 15.4. The van der Waals surface area contributed by atoms with Crippen molar-refractivity contribution in [1.82, 2.24) is 16.0 Å². The summed E-state index contributed by atoms with van der Waals surface area (Å²) in [5, 5.41) is 12.2. The van der Waals surface area contributed by atoms with E-state index in [0.717, 1.165) is 28.9 Å². The van der Waals surface area contributed by atoms with Crippen molar-refractivity contribution in [3.63, 3.8) is 0 Å². The van der Waals surface area contributed by atoms with Gasteiger partial charge in [-0.3, -0.25) is 14.4 Å². The number of carbonyl (C=O) groups excluding carboxylic acids is 3. The van der Waals surface area contributed by atoms with Crippen molar-refractivity contribution in [3.8, 4) is 0 Å². The lowest BCUT2D eigenvalue weighted by atomic mass is 10.1. The predicted molar refractivity (Wildman–Crippen MR) is 178 cm³/mol. The number of hydrogen-bond donors (Lipinski definition) is 4. The van der Waals surface area contributed by atoms with Crippen molar-refractivity contribution in [2.75, 3.05) is 12.0 Å². The van der Waals surface area contributed by atoms with Crippen molar-refractivity contribution in [3.05, 3.63) is 161 Å². The van der Waals surface area contributed by atoms with Gasteiger partial charge in [0.05, 0.1) is 6.10 Å². The van der Waals surface area contributed by atoms with E-state index in [0.29, 0.717) is 41.6 Å². The number of carbonyl (C=O) groups is 3. The number of rotatable bonds is 12. The Morgan fingerprint density at radius 3 is 1.91 bits per heavy atom. The van der Waals surface area contributed by atoms with Gasteiger partial charge in [-0.25, -0.2) is 0 Å². The summed E-state index contributed by atoms with van der Waals surface area (Å²) < 4.78 is 5.96. The molecule has 4 N–H and O–H groups in total. The minimum atomic E-state index is -0.278. The van der Waals surface area contributed by atoms with E-state index < -0.39 is 0 Å². The molecule has 0 radical (unpaired) electrons. The summed E-state index contributed by atoms with van der Waals surface area (Å²) in [7, 11) is 0. The SMILES string of the molecule is CC(OCNC1=CC=C(NC(=O)c2ccc(C(=O)Nc3ccc(CNC(=O)c4ccccc4)cc3)cc2)C2CC12)c1ccccc1. The Morgan fingerprint density at radius 2 is 1.24 bits per heavy atom. The quantitative estimate of drug-likeness (QED) is 0.140. The Labute approximate surface area is 268 Å². The van der Waals surface area contributed by atoms with Gasteiger partial charge in [-0.15, -0.1) is 0 Å². The summed E-state index contributed by atoms with van der Waals surface area (Å²) >= 11 is 0. The molecule has 2 aliphatic carbocycles. The second-order valence-corrected chi connectivity index (χ2v) is 11.5. The van der Waals surface area contributed by atoms with Crippen LogP contribution < -0.4 is 21.3 Å². The highest BCUT2D eigenvalue weighted by atomic mass is 16.5. The van der Waals surface area contributed by atoms with E-state index in [4.69, 9.17) is 4.74 Å². The lowest BCUT2D eigenvalue weighted by Crippen LogP contribution is -2.27. The van der Waals surface area contributed by atoms with Gasteiger partial charge in [-0.1, -0.05) is 60.7 Å². The van der Waals surface area contributed by atoms with E-state index in [1.165, 1.54) is 0 Å². The van der Waals surface area contributed by atoms with Crippen LogP contribution in [0.25, 0.3) is 0 Å². The molecule has 3 amide bonds. The molecule has 4 aromatic carbocycles. The zero-order valence-electron chi connectivity index (χ0n) is 25.5. The summed E-state index contributed by atoms with van der Waals surface area (Å²) in [4.78, 5) is 38.1. The van der Waals surface area contributed by atoms with E-state index in [9.17, 15) is 14.4 Å². The van der Waals surface area contributed by atoms with Gasteiger partial charge in [0.2, 0.25) is 0 Å². The van der Waals surface area contributed by atoms with Crippen LogP contribution in [-0.2, 0) is 11.3 Å². The summed E-state index contributed by atoms with van der Waals surface area (Å²) in [6, 6.07) is 33.1. The van der Waals surface area contributed by atoms with E-state index in [1.807, 2.05) is 67.6 Å². The smallest absolute Gasteiger partial charge is 0.255 e. The Hall–Kier alpha value is -5.47. The molecule has 4 aromatic rings. The monoisotopic (exact) mass is 612 g/mol. The Morgan fingerprint density at radius 1 is 0.674 bits per heavy atom. The van der Waals surface area contributed by atoms with Crippen molar-refractivity contribution in [2.45, 2.75) is 26.0 Å². The number of hydrogen-bond acceptors (Lipinski definition) is 5. The predicted octanol–water partition coefficient (Wildman–Crippen LogP) is 6.34. The van der Waals surface area contributed by atoms with Crippen molar-refractivity contribution in [2.24, 2.45) is 11.8 Å². The number of ether oxygens (including phenoxy) is 1. The van der Waals surface area contributed by atoms with Crippen LogP contribution >= 0.6 is 0 Å². The average molecular weight is 613 g/mol. The number of allylic oxidation sites excluding steroid dienone is 4. The van der Waals surface area contributed by atoms with E-state index in [2.05, 4.69) is 33.4 Å². The molecule has 3 atom stereocenters. The molecule has 2 aliphatic rings. The molecule has 0 aromatic heterocycles. The normalized spacial score (nSPS) is 17.0. The molecule has 1 fully saturated rings. The molecule has 46 heavy (non-hydrogen) atoms. The summed E-state index contributed by atoms with van der Waals surface area (Å²) in [6.45, 7) is 2.83. The van der Waals surface area contributed by atoms with Crippen LogP contribution in [0.3, 0.4) is 0 Å². The van der Waals surface area contributed by atoms with Crippen LogP contribution in [0, 0.1) is 11.8 Å². The lowest BCUT2D eigenvalue weighted by molar-refractivity contribution is 0.0560. The minimum absolute atomic E-state index is 0.00498. The summed E-state index contributed by atoms with van der Waals surface area (Å²) in [5.41, 5.74) is 6.24. The van der Waals surface area contributed by atoms with Gasteiger partial charge < -0.3 is 26.0 Å². The van der Waals surface area contributed by atoms with Gasteiger partial charge in [0, 0.05) is 52.2 Å². The first kappa shape index (κ1) is 30.6. The topological polar surface area (TPSA) is 109 Å². The fourth-order valence-electron chi connectivity index (χ4n) is 5.46.